The highest BCUT2D eigenvalue weighted by Gasteiger charge is 2.36. The van der Waals surface area contributed by atoms with Crippen molar-refractivity contribution in [1.82, 2.24) is 10.0 Å². The number of piperidine rings is 1. The molecule has 0 aliphatic carbocycles. The number of carbonyl (C=O) groups excluding carboxylic acids is 1. The zero-order valence-corrected chi connectivity index (χ0v) is 21.4. The number of para-hydroxylation sites is 3. The van der Waals surface area contributed by atoms with E-state index in [1.165, 1.54) is 12.1 Å². The van der Waals surface area contributed by atoms with Crippen LogP contribution in [-0.2, 0) is 10.0 Å². The minimum absolute atomic E-state index is 0.103. The number of fused-ring (bicyclic) bond motifs is 2. The van der Waals surface area contributed by atoms with Crippen molar-refractivity contribution in [1.29, 1.82) is 0 Å². The van der Waals surface area contributed by atoms with Crippen LogP contribution in [0.5, 0.6) is 17.2 Å². The zero-order valence-electron chi connectivity index (χ0n) is 19.8. The largest absolute Gasteiger partial charge is 0.504 e. The first-order valence-electron chi connectivity index (χ1n) is 12.0. The number of hydrogen-bond donors (Lipinski definition) is 5. The van der Waals surface area contributed by atoms with Gasteiger partial charge in [0.1, 0.15) is 10.6 Å². The fourth-order valence-electron chi connectivity index (χ4n) is 4.89. The van der Waals surface area contributed by atoms with Gasteiger partial charge in [0.2, 0.25) is 10.0 Å². The second-order valence-electron chi connectivity index (χ2n) is 9.19. The summed E-state index contributed by atoms with van der Waals surface area (Å²) < 4.78 is 34.9. The highest BCUT2D eigenvalue weighted by Crippen LogP contribution is 2.38. The second kappa shape index (κ2) is 10.6. The van der Waals surface area contributed by atoms with Gasteiger partial charge in [-0.2, -0.15) is 0 Å². The van der Waals surface area contributed by atoms with Crippen molar-refractivity contribution in [3.63, 3.8) is 0 Å². The van der Waals surface area contributed by atoms with Gasteiger partial charge in [-0.05, 0) is 62.1 Å². The van der Waals surface area contributed by atoms with E-state index in [4.69, 9.17) is 16.3 Å². The van der Waals surface area contributed by atoms with Crippen molar-refractivity contribution in [2.45, 2.75) is 48.7 Å². The Balaban J connectivity index is 1.31. The third-order valence-corrected chi connectivity index (χ3v) is 8.52. The minimum atomic E-state index is -4.15. The maximum absolute atomic E-state index is 13.2. The molecule has 11 heteroatoms. The molecule has 0 saturated carbocycles. The van der Waals surface area contributed by atoms with Crippen LogP contribution >= 0.6 is 11.6 Å². The first-order chi connectivity index (χ1) is 17.8. The third-order valence-electron chi connectivity index (χ3n) is 6.50. The molecule has 0 aromatic heterocycles. The standard InChI is InChI=1S/C26H27ClN4O5S/c27-20-12-13-22(24(32)25(20)37(34,35)31-18-14-16-10-11-17(15-18)28-16)30-26(33)29-21-8-4-5-9-23(21)36-19-6-2-1-3-7-19/h1-9,12-13,16-18,28,31-32H,10-11,14-15H2,(H2,29,30,33)/t16-,17-/m0/s1. The van der Waals surface area contributed by atoms with Gasteiger partial charge in [0.05, 0.1) is 16.4 Å². The lowest BCUT2D eigenvalue weighted by Gasteiger charge is -2.29. The molecule has 2 aliphatic heterocycles. The molecule has 2 heterocycles. The van der Waals surface area contributed by atoms with Crippen LogP contribution in [0, 0.1) is 0 Å². The molecular weight excluding hydrogens is 516 g/mol. The van der Waals surface area contributed by atoms with Crippen molar-refractivity contribution in [3.8, 4) is 17.2 Å². The van der Waals surface area contributed by atoms with E-state index in [9.17, 15) is 18.3 Å². The average molecular weight is 543 g/mol. The van der Waals surface area contributed by atoms with Crippen LogP contribution in [0.25, 0.3) is 0 Å². The summed E-state index contributed by atoms with van der Waals surface area (Å²) in [5, 5.41) is 19.3. The van der Waals surface area contributed by atoms with Crippen LogP contribution in [0.2, 0.25) is 5.02 Å². The molecule has 2 atom stereocenters. The summed E-state index contributed by atoms with van der Waals surface area (Å²) in [5.74, 6) is 0.366. The van der Waals surface area contributed by atoms with Gasteiger partial charge in [0, 0.05) is 18.1 Å². The maximum Gasteiger partial charge on any atom is 0.323 e. The molecule has 9 nitrogen and oxygen atoms in total. The van der Waals surface area contributed by atoms with Gasteiger partial charge in [-0.3, -0.25) is 0 Å². The van der Waals surface area contributed by atoms with Crippen LogP contribution in [0.1, 0.15) is 25.7 Å². The lowest BCUT2D eigenvalue weighted by molar-refractivity contribution is 0.262. The number of rotatable bonds is 7. The van der Waals surface area contributed by atoms with Gasteiger partial charge in [-0.25, -0.2) is 17.9 Å². The van der Waals surface area contributed by atoms with Crippen LogP contribution in [-0.4, -0.2) is 37.7 Å². The monoisotopic (exact) mass is 542 g/mol. The van der Waals surface area contributed by atoms with E-state index in [1.54, 1.807) is 36.4 Å². The number of amides is 2. The van der Waals surface area contributed by atoms with Gasteiger partial charge in [-0.15, -0.1) is 0 Å². The molecule has 5 N–H and O–H groups in total. The highest BCUT2D eigenvalue weighted by molar-refractivity contribution is 7.89. The Morgan fingerprint density at radius 1 is 0.919 bits per heavy atom. The lowest BCUT2D eigenvalue weighted by atomic mass is 10.0. The number of carbonyl (C=O) groups is 1. The maximum atomic E-state index is 13.2. The molecular formula is C26H27ClN4O5S. The fraction of sp³-hybridized carbons (Fsp3) is 0.269. The molecule has 2 saturated heterocycles. The summed E-state index contributed by atoms with van der Waals surface area (Å²) in [4.78, 5) is 12.3. The zero-order chi connectivity index (χ0) is 26.0. The third kappa shape index (κ3) is 5.83. The Hall–Kier alpha value is -3.31. The van der Waals surface area contributed by atoms with Crippen molar-refractivity contribution in [2.24, 2.45) is 0 Å². The van der Waals surface area contributed by atoms with Crippen LogP contribution in [0.15, 0.2) is 71.6 Å². The molecule has 2 fully saturated rings. The number of phenolic OH excluding ortho intramolecular Hbond substituents is 1. The number of anilines is 2. The molecule has 37 heavy (non-hydrogen) atoms. The van der Waals surface area contributed by atoms with E-state index in [0.717, 1.165) is 12.8 Å². The van der Waals surface area contributed by atoms with Gasteiger partial charge < -0.3 is 25.8 Å². The van der Waals surface area contributed by atoms with E-state index >= 15 is 0 Å². The molecule has 0 spiro atoms. The second-order valence-corrected chi connectivity index (χ2v) is 11.2. The predicted molar refractivity (Wildman–Crippen MR) is 142 cm³/mol. The number of phenols is 1. The molecule has 3 aromatic rings. The Labute approximate surface area is 220 Å². The van der Waals surface area contributed by atoms with Crippen molar-refractivity contribution in [2.75, 3.05) is 10.6 Å². The SMILES string of the molecule is O=C(Nc1ccccc1Oc1ccccc1)Nc1ccc(Cl)c(S(=O)(=O)NC2C[C@@H]3CC[C@@H](C2)N3)c1O. The van der Waals surface area contributed by atoms with Gasteiger partial charge >= 0.3 is 6.03 Å². The Kier molecular flexibility index (Phi) is 7.25. The molecule has 2 bridgehead atoms. The molecule has 0 unspecified atom stereocenters. The van der Waals surface area contributed by atoms with E-state index in [0.29, 0.717) is 30.0 Å². The van der Waals surface area contributed by atoms with Crippen molar-refractivity contribution in [3.05, 3.63) is 71.8 Å². The average Bonchev–Trinajstić information content (AvgIpc) is 3.20. The summed E-state index contributed by atoms with van der Waals surface area (Å²) in [6.07, 6.45) is 3.36. The minimum Gasteiger partial charge on any atom is -0.504 e. The summed E-state index contributed by atoms with van der Waals surface area (Å²) in [6.45, 7) is 0. The number of halogens is 1. The topological polar surface area (TPSA) is 129 Å². The molecule has 194 valence electrons. The number of sulfonamides is 1. The van der Waals surface area contributed by atoms with E-state index in [2.05, 4.69) is 20.7 Å². The fourth-order valence-corrected chi connectivity index (χ4v) is 6.78. The number of nitrogens with one attached hydrogen (secondary N) is 4. The Morgan fingerprint density at radius 2 is 1.57 bits per heavy atom. The highest BCUT2D eigenvalue weighted by atomic mass is 35.5. The predicted octanol–water partition coefficient (Wildman–Crippen LogP) is 5.04. The van der Waals surface area contributed by atoms with E-state index in [1.807, 2.05) is 18.2 Å². The molecule has 2 aliphatic rings. The summed E-state index contributed by atoms with van der Waals surface area (Å²) in [6, 6.07) is 18.2. The van der Waals surface area contributed by atoms with Crippen molar-refractivity contribution >= 4 is 39.0 Å². The first-order valence-corrected chi connectivity index (χ1v) is 13.8. The van der Waals surface area contributed by atoms with Crippen LogP contribution in [0.3, 0.4) is 0 Å². The van der Waals surface area contributed by atoms with Gasteiger partial charge in [0.25, 0.3) is 0 Å². The smallest absolute Gasteiger partial charge is 0.323 e. The van der Waals surface area contributed by atoms with Gasteiger partial charge in [0.15, 0.2) is 11.5 Å². The Bertz CT molecular complexity index is 1390. The molecule has 0 radical (unpaired) electrons. The summed E-state index contributed by atoms with van der Waals surface area (Å²) in [7, 11) is -4.15. The number of benzene rings is 3. The lowest BCUT2D eigenvalue weighted by Crippen LogP contribution is -2.47. The molecule has 5 rings (SSSR count). The van der Waals surface area contributed by atoms with E-state index < -0.39 is 26.7 Å². The van der Waals surface area contributed by atoms with Crippen LogP contribution < -0.4 is 25.4 Å². The summed E-state index contributed by atoms with van der Waals surface area (Å²) >= 11 is 6.20. The number of hydrogen-bond acceptors (Lipinski definition) is 6. The quantitative estimate of drug-likeness (QED) is 0.266. The normalized spacial score (nSPS) is 20.8. The molecule has 3 aromatic carbocycles. The number of ether oxygens (including phenoxy) is 1. The summed E-state index contributed by atoms with van der Waals surface area (Å²) in [5.41, 5.74) is 0.279. The van der Waals surface area contributed by atoms with Crippen molar-refractivity contribution < 1.29 is 23.1 Å². The van der Waals surface area contributed by atoms with Gasteiger partial charge in [-0.1, -0.05) is 41.9 Å². The number of urea groups is 1. The number of aromatic hydroxyl groups is 1. The molecule has 2 amide bonds. The van der Waals surface area contributed by atoms with E-state index in [-0.39, 0.29) is 28.8 Å². The first kappa shape index (κ1) is 25.3. The Morgan fingerprint density at radius 3 is 2.30 bits per heavy atom. The van der Waals surface area contributed by atoms with Crippen LogP contribution in [0.4, 0.5) is 16.2 Å².